The molecule has 164 valence electrons. The van der Waals surface area contributed by atoms with Gasteiger partial charge in [0.05, 0.1) is 17.3 Å². The number of carbonyl (C=O) groups is 1. The number of alkyl halides is 3. The Kier molecular flexibility index (Phi) is 5.52. The van der Waals surface area contributed by atoms with Crippen molar-refractivity contribution in [3.05, 3.63) is 65.3 Å². The third-order valence-electron chi connectivity index (χ3n) is 5.02. The fraction of sp³-hybridized carbons (Fsp3) is 0.238. The summed E-state index contributed by atoms with van der Waals surface area (Å²) in [4.78, 5) is 19.6. The Labute approximate surface area is 179 Å². The van der Waals surface area contributed by atoms with Crippen LogP contribution in [0.25, 0.3) is 11.4 Å². The molecule has 0 aliphatic carbocycles. The molecule has 0 spiro atoms. The van der Waals surface area contributed by atoms with Crippen molar-refractivity contribution >= 4 is 11.6 Å². The maximum absolute atomic E-state index is 14.3. The van der Waals surface area contributed by atoms with Crippen molar-refractivity contribution in [1.29, 1.82) is 5.26 Å². The summed E-state index contributed by atoms with van der Waals surface area (Å²) in [5.41, 5.74) is 1.06. The lowest BCUT2D eigenvalue weighted by atomic mass is 10.1. The van der Waals surface area contributed by atoms with E-state index in [-0.39, 0.29) is 28.4 Å². The molecule has 7 nitrogen and oxygen atoms in total. The normalized spacial score (nSPS) is 14.3. The highest BCUT2D eigenvalue weighted by Gasteiger charge is 2.38. The molecule has 0 unspecified atom stereocenters. The summed E-state index contributed by atoms with van der Waals surface area (Å²) in [6.45, 7) is 1.41. The molecule has 2 aromatic carbocycles. The van der Waals surface area contributed by atoms with E-state index in [4.69, 9.17) is 5.26 Å². The Hall–Kier alpha value is -3.94. The Morgan fingerprint density at radius 3 is 2.47 bits per heavy atom. The van der Waals surface area contributed by atoms with Crippen molar-refractivity contribution < 1.29 is 26.9 Å². The van der Waals surface area contributed by atoms with Crippen LogP contribution in [0.1, 0.15) is 21.8 Å². The van der Waals surface area contributed by atoms with Crippen LogP contribution in [0.2, 0.25) is 0 Å². The predicted molar refractivity (Wildman–Crippen MR) is 104 cm³/mol. The second-order valence-electron chi connectivity index (χ2n) is 7.06. The minimum Gasteiger partial charge on any atom is -0.366 e. The molecule has 0 radical (unpaired) electrons. The topological polar surface area (TPSA) is 86.3 Å². The standard InChI is InChI=1S/C21H15F4N5O2/c22-16-10-13(12-26)4-5-17(16)29-6-8-30(9-7-29)19(31)15-3-1-2-14(11-15)18-27-20(32-28-18)21(23,24)25/h1-5,10-11H,6-9H2. The monoisotopic (exact) mass is 445 g/mol. The summed E-state index contributed by atoms with van der Waals surface area (Å²) in [5, 5.41) is 12.2. The fourth-order valence-electron chi connectivity index (χ4n) is 3.41. The van der Waals surface area contributed by atoms with Gasteiger partial charge in [-0.2, -0.15) is 23.4 Å². The summed E-state index contributed by atoms with van der Waals surface area (Å²) in [6.07, 6.45) is -4.76. The highest BCUT2D eigenvalue weighted by Crippen LogP contribution is 2.29. The van der Waals surface area contributed by atoms with Gasteiger partial charge in [0.25, 0.3) is 5.91 Å². The van der Waals surface area contributed by atoms with E-state index in [1.807, 2.05) is 6.07 Å². The van der Waals surface area contributed by atoms with Gasteiger partial charge in [-0.3, -0.25) is 4.79 Å². The number of carbonyl (C=O) groups excluding carboxylic acids is 1. The first-order valence-corrected chi connectivity index (χ1v) is 9.51. The number of nitrogens with zero attached hydrogens (tertiary/aromatic N) is 5. The molecule has 2 heterocycles. The molecule has 1 aromatic heterocycles. The average Bonchev–Trinajstić information content (AvgIpc) is 3.30. The van der Waals surface area contributed by atoms with Gasteiger partial charge in [-0.15, -0.1) is 0 Å². The van der Waals surface area contributed by atoms with E-state index in [0.717, 1.165) is 0 Å². The molecule has 11 heteroatoms. The van der Waals surface area contributed by atoms with Gasteiger partial charge in [0.2, 0.25) is 5.82 Å². The van der Waals surface area contributed by atoms with E-state index < -0.39 is 17.9 Å². The molecule has 3 aromatic rings. The van der Waals surface area contributed by atoms with Gasteiger partial charge in [-0.25, -0.2) is 4.39 Å². The minimum absolute atomic E-state index is 0.216. The molecule has 1 fully saturated rings. The molecule has 32 heavy (non-hydrogen) atoms. The van der Waals surface area contributed by atoms with Crippen molar-refractivity contribution in [2.75, 3.05) is 31.1 Å². The zero-order chi connectivity index (χ0) is 22.9. The maximum Gasteiger partial charge on any atom is 0.471 e. The lowest BCUT2D eigenvalue weighted by Gasteiger charge is -2.36. The van der Waals surface area contributed by atoms with E-state index in [9.17, 15) is 22.4 Å². The lowest BCUT2D eigenvalue weighted by Crippen LogP contribution is -2.49. The highest BCUT2D eigenvalue weighted by molar-refractivity contribution is 5.95. The SMILES string of the molecule is N#Cc1ccc(N2CCN(C(=O)c3cccc(-c4noc(C(F)(F)F)n4)c3)CC2)c(F)c1. The van der Waals surface area contributed by atoms with Crippen molar-refractivity contribution in [2.45, 2.75) is 6.18 Å². The second-order valence-corrected chi connectivity index (χ2v) is 7.06. The molecule has 1 aliphatic heterocycles. The Morgan fingerprint density at radius 2 is 1.84 bits per heavy atom. The van der Waals surface area contributed by atoms with Crippen molar-refractivity contribution in [3.63, 3.8) is 0 Å². The number of anilines is 1. The van der Waals surface area contributed by atoms with Crippen molar-refractivity contribution in [1.82, 2.24) is 15.0 Å². The van der Waals surface area contributed by atoms with Crippen molar-refractivity contribution in [3.8, 4) is 17.5 Å². The first-order valence-electron chi connectivity index (χ1n) is 9.51. The van der Waals surface area contributed by atoms with Crippen LogP contribution in [-0.2, 0) is 6.18 Å². The number of nitriles is 1. The van der Waals surface area contributed by atoms with Crippen LogP contribution in [0.15, 0.2) is 47.0 Å². The number of amides is 1. The fourth-order valence-corrected chi connectivity index (χ4v) is 3.41. The summed E-state index contributed by atoms with van der Waals surface area (Å²) >= 11 is 0. The zero-order valence-electron chi connectivity index (χ0n) is 16.4. The van der Waals surface area contributed by atoms with Crippen LogP contribution in [0.4, 0.5) is 23.2 Å². The van der Waals surface area contributed by atoms with E-state index in [0.29, 0.717) is 31.9 Å². The number of aromatic nitrogens is 2. The van der Waals surface area contributed by atoms with E-state index in [2.05, 4.69) is 14.7 Å². The largest absolute Gasteiger partial charge is 0.471 e. The van der Waals surface area contributed by atoms with E-state index in [1.165, 1.54) is 36.4 Å². The quantitative estimate of drug-likeness (QED) is 0.571. The Balaban J connectivity index is 1.45. The molecule has 0 saturated carbocycles. The molecule has 0 bridgehead atoms. The highest BCUT2D eigenvalue weighted by atomic mass is 19.4. The van der Waals surface area contributed by atoms with Crippen LogP contribution in [0, 0.1) is 17.1 Å². The van der Waals surface area contributed by atoms with Crippen molar-refractivity contribution in [2.24, 2.45) is 0 Å². The number of rotatable bonds is 3. The predicted octanol–water partition coefficient (Wildman–Crippen LogP) is 3.73. The molecule has 0 N–H and O–H groups in total. The number of halogens is 4. The maximum atomic E-state index is 14.3. The smallest absolute Gasteiger partial charge is 0.366 e. The third kappa shape index (κ3) is 4.25. The lowest BCUT2D eigenvalue weighted by molar-refractivity contribution is -0.159. The summed E-state index contributed by atoms with van der Waals surface area (Å²) in [7, 11) is 0. The number of benzene rings is 2. The van der Waals surface area contributed by atoms with Gasteiger partial charge in [-0.05, 0) is 30.3 Å². The number of hydrogen-bond donors (Lipinski definition) is 0. The van der Waals surface area contributed by atoms with E-state index in [1.54, 1.807) is 15.9 Å². The van der Waals surface area contributed by atoms with Gasteiger partial charge >= 0.3 is 12.1 Å². The number of piperazine rings is 1. The molecular weight excluding hydrogens is 430 g/mol. The van der Waals surface area contributed by atoms with Gasteiger partial charge in [0, 0.05) is 37.3 Å². The molecule has 4 rings (SSSR count). The second kappa shape index (κ2) is 8.30. The summed E-state index contributed by atoms with van der Waals surface area (Å²) in [5.74, 6) is -2.55. The molecule has 0 atom stereocenters. The minimum atomic E-state index is -4.76. The molecular formula is C21H15F4N5O2. The van der Waals surface area contributed by atoms with Crippen LogP contribution < -0.4 is 4.90 Å². The molecule has 1 aliphatic rings. The first kappa shape index (κ1) is 21.3. The summed E-state index contributed by atoms with van der Waals surface area (Å²) in [6, 6.07) is 12.1. The molecule has 1 saturated heterocycles. The third-order valence-corrected chi connectivity index (χ3v) is 5.02. The van der Waals surface area contributed by atoms with Gasteiger partial charge in [-0.1, -0.05) is 17.3 Å². The first-order chi connectivity index (χ1) is 15.3. The zero-order valence-corrected chi connectivity index (χ0v) is 16.4. The van der Waals surface area contributed by atoms with Crippen LogP contribution in [0.3, 0.4) is 0 Å². The van der Waals surface area contributed by atoms with Gasteiger partial charge in [0.15, 0.2) is 0 Å². The Bertz CT molecular complexity index is 1190. The van der Waals surface area contributed by atoms with Crippen LogP contribution in [0.5, 0.6) is 0 Å². The number of hydrogen-bond acceptors (Lipinski definition) is 6. The van der Waals surface area contributed by atoms with Gasteiger partial charge in [0.1, 0.15) is 5.82 Å². The van der Waals surface area contributed by atoms with Crippen LogP contribution >= 0.6 is 0 Å². The van der Waals surface area contributed by atoms with E-state index >= 15 is 0 Å². The summed E-state index contributed by atoms with van der Waals surface area (Å²) < 4.78 is 56.6. The van der Waals surface area contributed by atoms with Gasteiger partial charge < -0.3 is 14.3 Å². The molecule has 1 amide bonds. The Morgan fingerprint density at radius 1 is 1.09 bits per heavy atom. The van der Waals surface area contributed by atoms with Crippen LogP contribution in [-0.4, -0.2) is 47.1 Å². The average molecular weight is 445 g/mol.